The average Bonchev–Trinajstić information content (AvgIpc) is 2.90. The van der Waals surface area contributed by atoms with Crippen LogP contribution in [-0.4, -0.2) is 25.8 Å². The van der Waals surface area contributed by atoms with Crippen LogP contribution in [0.1, 0.15) is 32.1 Å². The first-order valence-electron chi connectivity index (χ1n) is 5.26. The average molecular weight is 169 g/mol. The molecule has 0 spiro atoms. The smallest absolute Gasteiger partial charge is 0.0494 e. The molecular weight excluding hydrogens is 150 g/mol. The number of rotatable bonds is 4. The van der Waals surface area contributed by atoms with Crippen LogP contribution in [0.5, 0.6) is 0 Å². The Labute approximate surface area is 74.7 Å². The highest BCUT2D eigenvalue weighted by Gasteiger charge is 2.20. The molecule has 1 saturated heterocycles. The van der Waals surface area contributed by atoms with Gasteiger partial charge in [-0.1, -0.05) is 0 Å². The second kappa shape index (κ2) is 4.24. The first kappa shape index (κ1) is 8.52. The van der Waals surface area contributed by atoms with Crippen LogP contribution in [0, 0.1) is 5.92 Å². The zero-order chi connectivity index (χ0) is 8.23. The number of ether oxygens (including phenoxy) is 1. The fraction of sp³-hybridized carbons (Fsp3) is 1.00. The van der Waals surface area contributed by atoms with Crippen molar-refractivity contribution in [3.8, 4) is 0 Å². The molecule has 2 nitrogen and oxygen atoms in total. The van der Waals surface area contributed by atoms with Gasteiger partial charge in [-0.15, -0.1) is 0 Å². The maximum absolute atomic E-state index is 5.43. The van der Waals surface area contributed by atoms with Gasteiger partial charge in [0.2, 0.25) is 0 Å². The van der Waals surface area contributed by atoms with Crippen molar-refractivity contribution in [2.24, 2.45) is 5.92 Å². The van der Waals surface area contributed by atoms with Crippen molar-refractivity contribution in [1.82, 2.24) is 5.32 Å². The minimum Gasteiger partial charge on any atom is -0.381 e. The zero-order valence-corrected chi connectivity index (χ0v) is 7.72. The second-order valence-corrected chi connectivity index (χ2v) is 4.10. The summed E-state index contributed by atoms with van der Waals surface area (Å²) in [7, 11) is 0. The van der Waals surface area contributed by atoms with Gasteiger partial charge in [-0.25, -0.2) is 0 Å². The summed E-state index contributed by atoms with van der Waals surface area (Å²) in [4.78, 5) is 0. The summed E-state index contributed by atoms with van der Waals surface area (Å²) in [5, 5.41) is 3.55. The highest BCUT2D eigenvalue weighted by Crippen LogP contribution is 2.20. The Morgan fingerprint density at radius 3 is 2.83 bits per heavy atom. The van der Waals surface area contributed by atoms with Crippen LogP contribution in [0.15, 0.2) is 0 Å². The van der Waals surface area contributed by atoms with Gasteiger partial charge in [-0.2, -0.15) is 0 Å². The molecule has 0 aromatic heterocycles. The Bertz CT molecular complexity index is 128. The minimum atomic E-state index is 0.838. The van der Waals surface area contributed by atoms with Crippen molar-refractivity contribution in [3.05, 3.63) is 0 Å². The second-order valence-electron chi connectivity index (χ2n) is 4.10. The van der Waals surface area contributed by atoms with E-state index in [1.165, 1.54) is 38.6 Å². The highest BCUT2D eigenvalue weighted by atomic mass is 16.5. The van der Waals surface area contributed by atoms with E-state index in [-0.39, 0.29) is 0 Å². The third-order valence-electron chi connectivity index (χ3n) is 2.82. The molecule has 70 valence electrons. The van der Waals surface area contributed by atoms with Gasteiger partial charge in [0.25, 0.3) is 0 Å². The number of hydrogen-bond donors (Lipinski definition) is 1. The summed E-state index contributed by atoms with van der Waals surface area (Å²) < 4.78 is 5.43. The fourth-order valence-corrected chi connectivity index (χ4v) is 1.81. The molecule has 1 saturated carbocycles. The van der Waals surface area contributed by atoms with E-state index in [0.717, 1.165) is 25.2 Å². The SMILES string of the molecule is C1COCC(CCNC2CC2)C1. The van der Waals surface area contributed by atoms with Gasteiger partial charge in [0.05, 0.1) is 0 Å². The van der Waals surface area contributed by atoms with Crippen molar-refractivity contribution >= 4 is 0 Å². The van der Waals surface area contributed by atoms with Gasteiger partial charge in [-0.3, -0.25) is 0 Å². The predicted molar refractivity (Wildman–Crippen MR) is 49.2 cm³/mol. The normalized spacial score (nSPS) is 30.5. The van der Waals surface area contributed by atoms with Crippen LogP contribution >= 0.6 is 0 Å². The van der Waals surface area contributed by atoms with Crippen LogP contribution in [0.3, 0.4) is 0 Å². The Morgan fingerprint density at radius 2 is 2.17 bits per heavy atom. The molecule has 12 heavy (non-hydrogen) atoms. The molecule has 2 heteroatoms. The van der Waals surface area contributed by atoms with E-state index in [0.29, 0.717) is 0 Å². The standard InChI is InChI=1S/C10H19NO/c1-2-9(8-12-7-1)5-6-11-10-3-4-10/h9-11H,1-8H2. The lowest BCUT2D eigenvalue weighted by molar-refractivity contribution is 0.0517. The van der Waals surface area contributed by atoms with E-state index in [1.807, 2.05) is 0 Å². The first-order valence-corrected chi connectivity index (χ1v) is 5.26. The topological polar surface area (TPSA) is 21.3 Å². The zero-order valence-electron chi connectivity index (χ0n) is 7.72. The lowest BCUT2D eigenvalue weighted by atomic mass is 9.99. The Balaban J connectivity index is 1.52. The lowest BCUT2D eigenvalue weighted by Gasteiger charge is -2.21. The minimum absolute atomic E-state index is 0.838. The molecule has 0 amide bonds. The van der Waals surface area contributed by atoms with Crippen LogP contribution in [0.25, 0.3) is 0 Å². The molecule has 1 heterocycles. The molecule has 1 aliphatic carbocycles. The largest absolute Gasteiger partial charge is 0.381 e. The summed E-state index contributed by atoms with van der Waals surface area (Å²) >= 11 is 0. The molecule has 1 atom stereocenters. The molecule has 0 bridgehead atoms. The van der Waals surface area contributed by atoms with Gasteiger partial charge in [0.1, 0.15) is 0 Å². The predicted octanol–water partition coefficient (Wildman–Crippen LogP) is 1.56. The van der Waals surface area contributed by atoms with Gasteiger partial charge in [0, 0.05) is 19.3 Å². The molecule has 2 aliphatic rings. The summed E-state index contributed by atoms with van der Waals surface area (Å²) in [5.74, 6) is 0.838. The van der Waals surface area contributed by atoms with E-state index in [1.54, 1.807) is 0 Å². The Hall–Kier alpha value is -0.0800. The maximum atomic E-state index is 5.43. The van der Waals surface area contributed by atoms with E-state index in [4.69, 9.17) is 4.74 Å². The van der Waals surface area contributed by atoms with Crippen molar-refractivity contribution < 1.29 is 4.74 Å². The molecule has 0 aromatic carbocycles. The third kappa shape index (κ3) is 2.76. The fourth-order valence-electron chi connectivity index (χ4n) is 1.81. The maximum Gasteiger partial charge on any atom is 0.0494 e. The van der Waals surface area contributed by atoms with Crippen LogP contribution < -0.4 is 5.32 Å². The van der Waals surface area contributed by atoms with Crippen molar-refractivity contribution in [1.29, 1.82) is 0 Å². The van der Waals surface area contributed by atoms with Gasteiger partial charge >= 0.3 is 0 Å². The van der Waals surface area contributed by atoms with Crippen LogP contribution in [0.4, 0.5) is 0 Å². The molecule has 1 aliphatic heterocycles. The highest BCUT2D eigenvalue weighted by molar-refractivity contribution is 4.81. The Kier molecular flexibility index (Phi) is 3.01. The summed E-state index contributed by atoms with van der Waals surface area (Å²) in [6, 6.07) is 0.870. The lowest BCUT2D eigenvalue weighted by Crippen LogP contribution is -2.24. The van der Waals surface area contributed by atoms with Crippen LogP contribution in [-0.2, 0) is 4.74 Å². The number of nitrogens with one attached hydrogen (secondary N) is 1. The van der Waals surface area contributed by atoms with Crippen LogP contribution in [0.2, 0.25) is 0 Å². The van der Waals surface area contributed by atoms with Gasteiger partial charge in [-0.05, 0) is 44.6 Å². The quantitative estimate of drug-likeness (QED) is 0.689. The molecule has 2 rings (SSSR count). The van der Waals surface area contributed by atoms with E-state index in [2.05, 4.69) is 5.32 Å². The van der Waals surface area contributed by atoms with Crippen molar-refractivity contribution in [2.45, 2.75) is 38.1 Å². The molecule has 0 radical (unpaired) electrons. The summed E-state index contributed by atoms with van der Waals surface area (Å²) in [6.07, 6.45) is 6.78. The Morgan fingerprint density at radius 1 is 1.25 bits per heavy atom. The van der Waals surface area contributed by atoms with Gasteiger partial charge in [0.15, 0.2) is 0 Å². The molecule has 2 fully saturated rings. The number of hydrogen-bond acceptors (Lipinski definition) is 2. The third-order valence-corrected chi connectivity index (χ3v) is 2.82. The van der Waals surface area contributed by atoms with E-state index in [9.17, 15) is 0 Å². The van der Waals surface area contributed by atoms with Crippen molar-refractivity contribution in [3.63, 3.8) is 0 Å². The molecule has 1 N–H and O–H groups in total. The van der Waals surface area contributed by atoms with E-state index >= 15 is 0 Å². The molecule has 0 aromatic rings. The first-order chi connectivity index (χ1) is 5.95. The molecule has 1 unspecified atom stereocenters. The summed E-state index contributed by atoms with van der Waals surface area (Å²) in [6.45, 7) is 3.21. The summed E-state index contributed by atoms with van der Waals surface area (Å²) in [5.41, 5.74) is 0. The molecular formula is C10H19NO. The van der Waals surface area contributed by atoms with Crippen molar-refractivity contribution in [2.75, 3.05) is 19.8 Å². The monoisotopic (exact) mass is 169 g/mol. The van der Waals surface area contributed by atoms with E-state index < -0.39 is 0 Å². The van der Waals surface area contributed by atoms with Gasteiger partial charge < -0.3 is 10.1 Å².